The molecule has 5 heteroatoms. The number of hydrogen-bond acceptors (Lipinski definition) is 4. The normalized spacial score (nSPS) is 17.0. The Morgan fingerprint density at radius 3 is 2.88 bits per heavy atom. The van der Waals surface area contributed by atoms with E-state index in [1.165, 1.54) is 0 Å². The summed E-state index contributed by atoms with van der Waals surface area (Å²) in [4.78, 5) is 15.1. The number of amides is 1. The van der Waals surface area contributed by atoms with E-state index in [2.05, 4.69) is 12.2 Å². The van der Waals surface area contributed by atoms with Crippen molar-refractivity contribution in [2.24, 2.45) is 0 Å². The van der Waals surface area contributed by atoms with Crippen LogP contribution in [0, 0.1) is 0 Å². The Labute approximate surface area is 154 Å². The molecule has 2 aromatic carbocycles. The predicted molar refractivity (Wildman–Crippen MR) is 102 cm³/mol. The molecule has 1 N–H and O–H groups in total. The van der Waals surface area contributed by atoms with E-state index in [1.54, 1.807) is 7.11 Å². The molecule has 2 aromatic rings. The molecular weight excluding hydrogens is 328 g/mol. The molecule has 0 radical (unpaired) electrons. The van der Waals surface area contributed by atoms with Crippen LogP contribution in [0.25, 0.3) is 0 Å². The average molecular weight is 354 g/mol. The molecule has 0 aliphatic carbocycles. The van der Waals surface area contributed by atoms with E-state index in [1.807, 2.05) is 53.4 Å². The quantitative estimate of drug-likeness (QED) is 0.865. The maximum absolute atomic E-state index is 13.2. The van der Waals surface area contributed by atoms with Crippen molar-refractivity contribution in [3.05, 3.63) is 59.7 Å². The van der Waals surface area contributed by atoms with Gasteiger partial charge in [0.2, 0.25) is 0 Å². The Morgan fingerprint density at radius 1 is 1.23 bits per heavy atom. The number of methoxy groups -OCH3 is 1. The first-order chi connectivity index (χ1) is 12.7. The van der Waals surface area contributed by atoms with Gasteiger partial charge in [0, 0.05) is 30.8 Å². The topological polar surface area (TPSA) is 50.8 Å². The summed E-state index contributed by atoms with van der Waals surface area (Å²) in [6.45, 7) is 4.85. The van der Waals surface area contributed by atoms with Crippen LogP contribution in [0.3, 0.4) is 0 Å². The number of rotatable bonds is 6. The van der Waals surface area contributed by atoms with Gasteiger partial charge >= 0.3 is 0 Å². The number of benzene rings is 2. The van der Waals surface area contributed by atoms with E-state index >= 15 is 0 Å². The Balaban J connectivity index is 1.87. The van der Waals surface area contributed by atoms with E-state index in [0.717, 1.165) is 30.0 Å². The minimum Gasteiger partial charge on any atom is -0.496 e. The van der Waals surface area contributed by atoms with Gasteiger partial charge < -0.3 is 19.7 Å². The highest BCUT2D eigenvalue weighted by Gasteiger charge is 2.30. The third-order valence-corrected chi connectivity index (χ3v) is 4.56. The Bertz CT molecular complexity index is 748. The van der Waals surface area contributed by atoms with Crippen molar-refractivity contribution in [2.75, 3.05) is 33.4 Å². The van der Waals surface area contributed by atoms with Crippen LogP contribution >= 0.6 is 0 Å². The first kappa shape index (κ1) is 18.3. The van der Waals surface area contributed by atoms with Crippen LogP contribution in [0.15, 0.2) is 48.5 Å². The van der Waals surface area contributed by atoms with Crippen LogP contribution in [0.2, 0.25) is 0 Å². The molecule has 0 bridgehead atoms. The zero-order valence-corrected chi connectivity index (χ0v) is 15.4. The van der Waals surface area contributed by atoms with Gasteiger partial charge in [0.1, 0.15) is 11.5 Å². The van der Waals surface area contributed by atoms with Crippen molar-refractivity contribution < 1.29 is 14.3 Å². The maximum atomic E-state index is 13.2. The second-order valence-electron chi connectivity index (χ2n) is 6.34. The zero-order valence-electron chi connectivity index (χ0n) is 15.4. The number of piperazine rings is 1. The van der Waals surface area contributed by atoms with Crippen LogP contribution in [0.5, 0.6) is 11.5 Å². The van der Waals surface area contributed by atoms with Crippen molar-refractivity contribution in [3.8, 4) is 11.5 Å². The maximum Gasteiger partial charge on any atom is 0.254 e. The highest BCUT2D eigenvalue weighted by atomic mass is 16.5. The third kappa shape index (κ3) is 3.99. The fourth-order valence-electron chi connectivity index (χ4n) is 3.27. The number of nitrogens with one attached hydrogen (secondary N) is 1. The molecule has 1 aliphatic rings. The number of ether oxygens (including phenoxy) is 2. The Morgan fingerprint density at radius 2 is 2.08 bits per heavy atom. The summed E-state index contributed by atoms with van der Waals surface area (Å²) >= 11 is 0. The van der Waals surface area contributed by atoms with Crippen LogP contribution in [-0.2, 0) is 0 Å². The molecule has 5 nitrogen and oxygen atoms in total. The van der Waals surface area contributed by atoms with Gasteiger partial charge in [-0.3, -0.25) is 4.79 Å². The number of para-hydroxylation sites is 1. The van der Waals surface area contributed by atoms with E-state index in [4.69, 9.17) is 9.47 Å². The summed E-state index contributed by atoms with van der Waals surface area (Å²) in [7, 11) is 1.66. The van der Waals surface area contributed by atoms with Crippen molar-refractivity contribution in [2.45, 2.75) is 19.4 Å². The fraction of sp³-hybridized carbons (Fsp3) is 0.381. The largest absolute Gasteiger partial charge is 0.496 e. The molecule has 1 fully saturated rings. The molecule has 0 saturated carbocycles. The number of hydrogen-bond donors (Lipinski definition) is 1. The summed E-state index contributed by atoms with van der Waals surface area (Å²) in [5.41, 5.74) is 1.68. The molecule has 1 atom stereocenters. The van der Waals surface area contributed by atoms with Crippen LogP contribution in [0.4, 0.5) is 0 Å². The first-order valence-electron chi connectivity index (χ1n) is 9.12. The van der Waals surface area contributed by atoms with Crippen molar-refractivity contribution in [1.29, 1.82) is 0 Å². The standard InChI is InChI=1S/C21H26N2O3/c1-3-13-26-17-8-6-7-16(14-17)21(24)23-12-11-22-15-19(23)18-9-4-5-10-20(18)25-2/h4-10,14,19,22H,3,11-13,15H2,1-2H3. The van der Waals surface area contributed by atoms with Gasteiger partial charge in [0.15, 0.2) is 0 Å². The van der Waals surface area contributed by atoms with Gasteiger partial charge in [-0.15, -0.1) is 0 Å². The van der Waals surface area contributed by atoms with Gasteiger partial charge in [-0.2, -0.15) is 0 Å². The monoisotopic (exact) mass is 354 g/mol. The van der Waals surface area contributed by atoms with Gasteiger partial charge in [-0.25, -0.2) is 0 Å². The smallest absolute Gasteiger partial charge is 0.254 e. The lowest BCUT2D eigenvalue weighted by molar-refractivity contribution is 0.0631. The molecular formula is C21H26N2O3. The zero-order chi connectivity index (χ0) is 18.4. The summed E-state index contributed by atoms with van der Waals surface area (Å²) in [5.74, 6) is 1.56. The van der Waals surface area contributed by atoms with Crippen molar-refractivity contribution >= 4 is 5.91 Å². The van der Waals surface area contributed by atoms with Crippen LogP contribution < -0.4 is 14.8 Å². The average Bonchev–Trinajstić information content (AvgIpc) is 2.72. The minimum atomic E-state index is -0.0624. The molecule has 1 aliphatic heterocycles. The lowest BCUT2D eigenvalue weighted by Crippen LogP contribution is -2.48. The number of nitrogens with zero attached hydrogens (tertiary/aromatic N) is 1. The molecule has 1 amide bonds. The molecule has 3 rings (SSSR count). The number of carbonyl (C=O) groups excluding carboxylic acids is 1. The fourth-order valence-corrected chi connectivity index (χ4v) is 3.27. The summed E-state index contributed by atoms with van der Waals surface area (Å²) in [6.07, 6.45) is 0.936. The van der Waals surface area contributed by atoms with E-state index in [-0.39, 0.29) is 11.9 Å². The van der Waals surface area contributed by atoms with E-state index < -0.39 is 0 Å². The highest BCUT2D eigenvalue weighted by molar-refractivity contribution is 5.95. The second-order valence-corrected chi connectivity index (χ2v) is 6.34. The Kier molecular flexibility index (Phi) is 6.12. The second kappa shape index (κ2) is 8.72. The first-order valence-corrected chi connectivity index (χ1v) is 9.12. The van der Waals surface area contributed by atoms with Gasteiger partial charge in [-0.1, -0.05) is 31.2 Å². The van der Waals surface area contributed by atoms with Crippen LogP contribution in [0.1, 0.15) is 35.3 Å². The lowest BCUT2D eigenvalue weighted by atomic mass is 10.0. The lowest BCUT2D eigenvalue weighted by Gasteiger charge is -2.37. The highest BCUT2D eigenvalue weighted by Crippen LogP contribution is 2.31. The summed E-state index contributed by atoms with van der Waals surface area (Å²) in [5, 5.41) is 3.39. The molecule has 1 heterocycles. The SMILES string of the molecule is CCCOc1cccc(C(=O)N2CCNCC2c2ccccc2OC)c1. The molecule has 1 unspecified atom stereocenters. The summed E-state index contributed by atoms with van der Waals surface area (Å²) in [6, 6.07) is 15.3. The van der Waals surface area contributed by atoms with Gasteiger partial charge in [-0.05, 0) is 30.7 Å². The molecule has 1 saturated heterocycles. The Hall–Kier alpha value is -2.53. The van der Waals surface area contributed by atoms with E-state index in [9.17, 15) is 4.79 Å². The van der Waals surface area contributed by atoms with Crippen molar-refractivity contribution in [3.63, 3.8) is 0 Å². The molecule has 0 aromatic heterocycles. The number of carbonyl (C=O) groups is 1. The molecule has 26 heavy (non-hydrogen) atoms. The minimum absolute atomic E-state index is 0.0179. The van der Waals surface area contributed by atoms with E-state index in [0.29, 0.717) is 25.3 Å². The molecule has 0 spiro atoms. The van der Waals surface area contributed by atoms with Gasteiger partial charge in [0.25, 0.3) is 5.91 Å². The third-order valence-electron chi connectivity index (χ3n) is 4.56. The summed E-state index contributed by atoms with van der Waals surface area (Å²) < 4.78 is 11.2. The predicted octanol–water partition coefficient (Wildman–Crippen LogP) is 3.27. The van der Waals surface area contributed by atoms with Crippen molar-refractivity contribution in [1.82, 2.24) is 10.2 Å². The van der Waals surface area contributed by atoms with Gasteiger partial charge in [0.05, 0.1) is 19.8 Å². The van der Waals surface area contributed by atoms with Crippen LogP contribution in [-0.4, -0.2) is 44.2 Å². The molecule has 138 valence electrons.